The Hall–Kier alpha value is -1.20. The van der Waals surface area contributed by atoms with E-state index in [1.165, 1.54) is 38.4 Å². The lowest BCUT2D eigenvalue weighted by atomic mass is 10.0. The van der Waals surface area contributed by atoms with Crippen LogP contribution in [0.1, 0.15) is 64.3 Å². The number of aliphatic hydroxyl groups excluding tert-OH is 1. The van der Waals surface area contributed by atoms with Gasteiger partial charge in [-0.1, -0.05) is 57.0 Å². The first-order valence-electron chi connectivity index (χ1n) is 8.21. The lowest BCUT2D eigenvalue weighted by Gasteiger charge is -2.18. The molecule has 2 aromatic rings. The fraction of sp³-hybridized carbons (Fsp3) is 0.688. The van der Waals surface area contributed by atoms with E-state index in [4.69, 9.17) is 11.6 Å². The van der Waals surface area contributed by atoms with E-state index < -0.39 is 0 Å². The second kappa shape index (κ2) is 9.06. The molecule has 2 rings (SSSR count). The van der Waals surface area contributed by atoms with Gasteiger partial charge in [0.2, 0.25) is 0 Å². The molecule has 0 bridgehead atoms. The molecule has 0 fully saturated rings. The minimum absolute atomic E-state index is 0.166. The summed E-state index contributed by atoms with van der Waals surface area (Å²) in [5.74, 6) is 0. The second-order valence-corrected chi connectivity index (χ2v) is 6.07. The van der Waals surface area contributed by atoms with Crippen LogP contribution < -0.4 is 0 Å². The van der Waals surface area contributed by atoms with E-state index in [9.17, 15) is 5.11 Å². The Morgan fingerprint density at radius 1 is 1.09 bits per heavy atom. The first-order valence-corrected chi connectivity index (χ1v) is 8.59. The number of hydrogen-bond donors (Lipinski definition) is 1. The summed E-state index contributed by atoms with van der Waals surface area (Å²) in [7, 11) is 0. The number of aliphatic hydroxyl groups is 1. The summed E-state index contributed by atoms with van der Waals surface area (Å²) in [5, 5.41) is 9.72. The minimum atomic E-state index is 0.166. The largest absolute Gasteiger partial charge is 0.396 e. The first kappa shape index (κ1) is 17.2. The van der Waals surface area contributed by atoms with E-state index in [0.29, 0.717) is 17.1 Å². The average molecular weight is 325 g/mol. The fourth-order valence-corrected chi connectivity index (χ4v) is 3.00. The monoisotopic (exact) mass is 324 g/mol. The zero-order chi connectivity index (χ0) is 15.8. The highest BCUT2D eigenvalue weighted by atomic mass is 35.5. The summed E-state index contributed by atoms with van der Waals surface area (Å²) in [6.45, 7) is 2.40. The maximum atomic E-state index is 9.34. The molecule has 0 unspecified atom stereocenters. The SMILES string of the molecule is CCCCCCCC[C@@H](CCO)n1cnc2c(Cl)ncnc21. The maximum absolute atomic E-state index is 9.34. The Labute approximate surface area is 136 Å². The van der Waals surface area contributed by atoms with Gasteiger partial charge in [0, 0.05) is 12.6 Å². The number of nitrogens with zero attached hydrogens (tertiary/aromatic N) is 4. The van der Waals surface area contributed by atoms with Crippen LogP contribution in [-0.2, 0) is 0 Å². The van der Waals surface area contributed by atoms with Crippen LogP contribution in [0.3, 0.4) is 0 Å². The van der Waals surface area contributed by atoms with Crippen molar-refractivity contribution in [3.63, 3.8) is 0 Å². The van der Waals surface area contributed by atoms with Crippen LogP contribution in [-0.4, -0.2) is 31.2 Å². The standard InChI is InChI=1S/C16H25ClN4O/c1-2-3-4-5-6-7-8-13(9-10-22)21-12-20-14-15(17)18-11-19-16(14)21/h11-13,22H,2-10H2,1H3/t13-/m0/s1. The van der Waals surface area contributed by atoms with Crippen LogP contribution in [0.2, 0.25) is 5.15 Å². The van der Waals surface area contributed by atoms with Gasteiger partial charge in [-0.3, -0.25) is 0 Å². The van der Waals surface area contributed by atoms with Gasteiger partial charge in [-0.2, -0.15) is 0 Å². The summed E-state index contributed by atoms with van der Waals surface area (Å²) in [6.07, 6.45) is 12.6. The smallest absolute Gasteiger partial charge is 0.165 e. The summed E-state index contributed by atoms with van der Waals surface area (Å²) < 4.78 is 2.03. The molecule has 0 radical (unpaired) electrons. The molecule has 1 N–H and O–H groups in total. The highest BCUT2D eigenvalue weighted by Crippen LogP contribution is 2.26. The van der Waals surface area contributed by atoms with E-state index in [-0.39, 0.29) is 12.6 Å². The summed E-state index contributed by atoms with van der Waals surface area (Å²) >= 11 is 6.05. The highest BCUT2D eigenvalue weighted by molar-refractivity contribution is 6.33. The molecule has 2 heterocycles. The molecule has 0 aromatic carbocycles. The van der Waals surface area contributed by atoms with E-state index in [1.807, 2.05) is 4.57 Å². The number of imidazole rings is 1. The topological polar surface area (TPSA) is 63.8 Å². The van der Waals surface area contributed by atoms with Crippen molar-refractivity contribution in [2.45, 2.75) is 64.3 Å². The van der Waals surface area contributed by atoms with Gasteiger partial charge in [0.05, 0.1) is 6.33 Å². The van der Waals surface area contributed by atoms with Gasteiger partial charge in [-0.05, 0) is 12.8 Å². The van der Waals surface area contributed by atoms with Crippen molar-refractivity contribution in [1.29, 1.82) is 0 Å². The van der Waals surface area contributed by atoms with Crippen LogP contribution in [0.15, 0.2) is 12.7 Å². The second-order valence-electron chi connectivity index (χ2n) is 5.71. The molecule has 5 nitrogen and oxygen atoms in total. The van der Waals surface area contributed by atoms with Gasteiger partial charge < -0.3 is 9.67 Å². The van der Waals surface area contributed by atoms with E-state index in [0.717, 1.165) is 18.5 Å². The molecular weight excluding hydrogens is 300 g/mol. The Bertz CT molecular complexity index is 572. The number of aromatic nitrogens is 4. The van der Waals surface area contributed by atoms with Gasteiger partial charge in [-0.15, -0.1) is 0 Å². The van der Waals surface area contributed by atoms with Crippen molar-refractivity contribution in [1.82, 2.24) is 19.5 Å². The number of fused-ring (bicyclic) bond motifs is 1. The molecule has 0 spiro atoms. The van der Waals surface area contributed by atoms with E-state index >= 15 is 0 Å². The zero-order valence-corrected chi connectivity index (χ0v) is 14.0. The Morgan fingerprint density at radius 3 is 2.64 bits per heavy atom. The first-order chi connectivity index (χ1) is 10.8. The molecule has 1 atom stereocenters. The average Bonchev–Trinajstić information content (AvgIpc) is 2.95. The Balaban J connectivity index is 1.99. The fourth-order valence-electron chi connectivity index (χ4n) is 2.82. The molecule has 0 aliphatic heterocycles. The van der Waals surface area contributed by atoms with Crippen LogP contribution in [0.5, 0.6) is 0 Å². The van der Waals surface area contributed by atoms with E-state index in [1.54, 1.807) is 6.33 Å². The molecule has 0 aliphatic carbocycles. The predicted octanol–water partition coefficient (Wildman–Crippen LogP) is 4.15. The van der Waals surface area contributed by atoms with E-state index in [2.05, 4.69) is 21.9 Å². The molecule has 0 saturated carbocycles. The molecular formula is C16H25ClN4O. The van der Waals surface area contributed by atoms with Gasteiger partial charge in [0.1, 0.15) is 11.8 Å². The summed E-state index contributed by atoms with van der Waals surface area (Å²) in [5.41, 5.74) is 1.39. The molecule has 0 amide bonds. The number of rotatable bonds is 10. The van der Waals surface area contributed by atoms with Crippen LogP contribution in [0.4, 0.5) is 0 Å². The quantitative estimate of drug-likeness (QED) is 0.526. The number of hydrogen-bond acceptors (Lipinski definition) is 4. The van der Waals surface area contributed by atoms with Crippen molar-refractivity contribution in [2.75, 3.05) is 6.61 Å². The number of halogens is 1. The Morgan fingerprint density at radius 2 is 1.86 bits per heavy atom. The lowest BCUT2D eigenvalue weighted by molar-refractivity contribution is 0.251. The molecule has 2 aromatic heterocycles. The lowest BCUT2D eigenvalue weighted by Crippen LogP contribution is -2.11. The predicted molar refractivity (Wildman–Crippen MR) is 89.1 cm³/mol. The summed E-state index contributed by atoms with van der Waals surface area (Å²) in [4.78, 5) is 12.6. The minimum Gasteiger partial charge on any atom is -0.396 e. The zero-order valence-electron chi connectivity index (χ0n) is 13.2. The van der Waals surface area contributed by atoms with Crippen LogP contribution in [0.25, 0.3) is 11.2 Å². The molecule has 22 heavy (non-hydrogen) atoms. The highest BCUT2D eigenvalue weighted by Gasteiger charge is 2.16. The Kier molecular flexibility index (Phi) is 7.06. The maximum Gasteiger partial charge on any atom is 0.165 e. The van der Waals surface area contributed by atoms with Crippen LogP contribution >= 0.6 is 11.6 Å². The molecule has 6 heteroatoms. The van der Waals surface area contributed by atoms with Crippen molar-refractivity contribution < 1.29 is 5.11 Å². The van der Waals surface area contributed by atoms with Gasteiger partial charge in [-0.25, -0.2) is 15.0 Å². The molecule has 122 valence electrons. The van der Waals surface area contributed by atoms with Crippen molar-refractivity contribution >= 4 is 22.8 Å². The normalized spacial score (nSPS) is 12.9. The van der Waals surface area contributed by atoms with Gasteiger partial charge >= 0.3 is 0 Å². The van der Waals surface area contributed by atoms with Crippen molar-refractivity contribution in [3.8, 4) is 0 Å². The van der Waals surface area contributed by atoms with Crippen molar-refractivity contribution in [2.24, 2.45) is 0 Å². The van der Waals surface area contributed by atoms with Gasteiger partial charge in [0.25, 0.3) is 0 Å². The third-order valence-corrected chi connectivity index (χ3v) is 4.34. The van der Waals surface area contributed by atoms with Gasteiger partial charge in [0.15, 0.2) is 10.8 Å². The third-order valence-electron chi connectivity index (χ3n) is 4.06. The number of unbranched alkanes of at least 4 members (excludes halogenated alkanes) is 5. The van der Waals surface area contributed by atoms with Crippen molar-refractivity contribution in [3.05, 3.63) is 17.8 Å². The van der Waals surface area contributed by atoms with Crippen LogP contribution in [0, 0.1) is 0 Å². The molecule has 0 aliphatic rings. The molecule has 0 saturated heterocycles. The summed E-state index contributed by atoms with van der Waals surface area (Å²) in [6, 6.07) is 0.215. The third kappa shape index (κ3) is 4.40.